The Bertz CT molecular complexity index is 605. The van der Waals surface area contributed by atoms with Gasteiger partial charge in [-0.25, -0.2) is 0 Å². The molecule has 110 valence electrons. The summed E-state index contributed by atoms with van der Waals surface area (Å²) in [5.74, 6) is 0.881. The SMILES string of the molecule is Clc1ccc(Cl)c(Cc2ccc(O[C@@H]3CCOC3)cc2)c1. The van der Waals surface area contributed by atoms with Crippen molar-refractivity contribution in [3.8, 4) is 5.75 Å². The quantitative estimate of drug-likeness (QED) is 0.808. The van der Waals surface area contributed by atoms with E-state index in [1.807, 2.05) is 24.3 Å². The second kappa shape index (κ2) is 6.69. The van der Waals surface area contributed by atoms with Gasteiger partial charge in [0.1, 0.15) is 11.9 Å². The lowest BCUT2D eigenvalue weighted by molar-refractivity contribution is 0.141. The first kappa shape index (κ1) is 14.7. The van der Waals surface area contributed by atoms with Crippen molar-refractivity contribution in [3.63, 3.8) is 0 Å². The van der Waals surface area contributed by atoms with Gasteiger partial charge in [-0.15, -0.1) is 0 Å². The molecule has 2 aromatic carbocycles. The molecule has 1 saturated heterocycles. The van der Waals surface area contributed by atoms with Crippen LogP contribution in [0.1, 0.15) is 17.5 Å². The van der Waals surface area contributed by atoms with E-state index in [0.717, 1.165) is 35.8 Å². The van der Waals surface area contributed by atoms with Crippen molar-refractivity contribution in [2.75, 3.05) is 13.2 Å². The van der Waals surface area contributed by atoms with Gasteiger partial charge in [-0.1, -0.05) is 35.3 Å². The highest BCUT2D eigenvalue weighted by molar-refractivity contribution is 6.33. The van der Waals surface area contributed by atoms with Crippen LogP contribution in [0.15, 0.2) is 42.5 Å². The van der Waals surface area contributed by atoms with Gasteiger partial charge in [0.25, 0.3) is 0 Å². The number of halogens is 2. The summed E-state index contributed by atoms with van der Waals surface area (Å²) in [7, 11) is 0. The fraction of sp³-hybridized carbons (Fsp3) is 0.294. The molecule has 0 unspecified atom stereocenters. The number of benzene rings is 2. The second-order valence-electron chi connectivity index (χ2n) is 5.16. The van der Waals surface area contributed by atoms with Crippen LogP contribution in [0.5, 0.6) is 5.75 Å². The number of rotatable bonds is 4. The van der Waals surface area contributed by atoms with Crippen molar-refractivity contribution in [2.45, 2.75) is 18.9 Å². The van der Waals surface area contributed by atoms with Gasteiger partial charge in [-0.3, -0.25) is 0 Å². The third kappa shape index (κ3) is 3.91. The van der Waals surface area contributed by atoms with Gasteiger partial charge < -0.3 is 9.47 Å². The average molecular weight is 323 g/mol. The summed E-state index contributed by atoms with van der Waals surface area (Å²) < 4.78 is 11.2. The Labute approximate surface area is 134 Å². The van der Waals surface area contributed by atoms with Gasteiger partial charge in [0, 0.05) is 16.5 Å². The van der Waals surface area contributed by atoms with Gasteiger partial charge in [-0.2, -0.15) is 0 Å². The summed E-state index contributed by atoms with van der Waals surface area (Å²) in [6, 6.07) is 13.6. The first-order chi connectivity index (χ1) is 10.2. The fourth-order valence-corrected chi connectivity index (χ4v) is 2.76. The summed E-state index contributed by atoms with van der Waals surface area (Å²) in [4.78, 5) is 0. The molecular weight excluding hydrogens is 307 g/mol. The minimum atomic E-state index is 0.179. The molecule has 21 heavy (non-hydrogen) atoms. The highest BCUT2D eigenvalue weighted by Crippen LogP contribution is 2.24. The van der Waals surface area contributed by atoms with E-state index >= 15 is 0 Å². The van der Waals surface area contributed by atoms with Crippen molar-refractivity contribution < 1.29 is 9.47 Å². The topological polar surface area (TPSA) is 18.5 Å². The van der Waals surface area contributed by atoms with E-state index in [-0.39, 0.29) is 6.10 Å². The molecule has 4 heteroatoms. The molecule has 0 spiro atoms. The minimum absolute atomic E-state index is 0.179. The maximum absolute atomic E-state index is 6.19. The first-order valence-corrected chi connectivity index (χ1v) is 7.73. The van der Waals surface area contributed by atoms with Gasteiger partial charge in [0.05, 0.1) is 13.2 Å². The largest absolute Gasteiger partial charge is 0.488 e. The molecule has 2 nitrogen and oxygen atoms in total. The minimum Gasteiger partial charge on any atom is -0.488 e. The summed E-state index contributed by atoms with van der Waals surface area (Å²) >= 11 is 12.2. The molecule has 0 aromatic heterocycles. The lowest BCUT2D eigenvalue weighted by Crippen LogP contribution is -2.15. The molecule has 3 rings (SSSR count). The van der Waals surface area contributed by atoms with Crippen LogP contribution in [0, 0.1) is 0 Å². The molecule has 1 aliphatic heterocycles. The molecule has 1 fully saturated rings. The third-order valence-corrected chi connectivity index (χ3v) is 4.12. The second-order valence-corrected chi connectivity index (χ2v) is 6.00. The van der Waals surface area contributed by atoms with E-state index < -0.39 is 0 Å². The zero-order chi connectivity index (χ0) is 14.7. The normalized spacial score (nSPS) is 17.9. The van der Waals surface area contributed by atoms with E-state index in [0.29, 0.717) is 11.6 Å². The van der Waals surface area contributed by atoms with Crippen molar-refractivity contribution >= 4 is 23.2 Å². The van der Waals surface area contributed by atoms with Gasteiger partial charge in [-0.05, 0) is 47.9 Å². The Hall–Kier alpha value is -1.22. The van der Waals surface area contributed by atoms with Crippen molar-refractivity contribution in [3.05, 3.63) is 63.6 Å². The maximum atomic E-state index is 6.19. The van der Waals surface area contributed by atoms with Crippen LogP contribution in [-0.4, -0.2) is 19.3 Å². The van der Waals surface area contributed by atoms with Crippen molar-refractivity contribution in [1.29, 1.82) is 0 Å². The molecule has 1 aliphatic rings. The van der Waals surface area contributed by atoms with Crippen LogP contribution in [0.3, 0.4) is 0 Å². The molecule has 2 aromatic rings. The van der Waals surface area contributed by atoms with Crippen LogP contribution in [-0.2, 0) is 11.2 Å². The molecule has 0 saturated carbocycles. The van der Waals surface area contributed by atoms with E-state index in [4.69, 9.17) is 32.7 Å². The third-order valence-electron chi connectivity index (χ3n) is 3.52. The van der Waals surface area contributed by atoms with E-state index in [1.54, 1.807) is 6.07 Å². The van der Waals surface area contributed by atoms with E-state index in [2.05, 4.69) is 12.1 Å². The Morgan fingerprint density at radius 1 is 1.10 bits per heavy atom. The Kier molecular flexibility index (Phi) is 4.69. The van der Waals surface area contributed by atoms with Crippen molar-refractivity contribution in [1.82, 2.24) is 0 Å². The summed E-state index contributed by atoms with van der Waals surface area (Å²) in [5.41, 5.74) is 2.20. The molecule has 0 N–H and O–H groups in total. The van der Waals surface area contributed by atoms with E-state index in [9.17, 15) is 0 Å². The number of hydrogen-bond donors (Lipinski definition) is 0. The fourth-order valence-electron chi connectivity index (χ4n) is 2.38. The zero-order valence-corrected chi connectivity index (χ0v) is 13.0. The van der Waals surface area contributed by atoms with Crippen LogP contribution in [0.4, 0.5) is 0 Å². The maximum Gasteiger partial charge on any atom is 0.124 e. The lowest BCUT2D eigenvalue weighted by atomic mass is 10.0. The highest BCUT2D eigenvalue weighted by atomic mass is 35.5. The molecule has 0 radical (unpaired) electrons. The van der Waals surface area contributed by atoms with Crippen molar-refractivity contribution in [2.24, 2.45) is 0 Å². The standard InChI is InChI=1S/C17H16Cl2O2/c18-14-3-6-17(19)13(10-14)9-12-1-4-15(5-2-12)21-16-7-8-20-11-16/h1-6,10,16H,7-9,11H2/t16-/m1/s1. The van der Waals surface area contributed by atoms with Gasteiger partial charge in [0.15, 0.2) is 0 Å². The predicted molar refractivity (Wildman–Crippen MR) is 85.6 cm³/mol. The Morgan fingerprint density at radius 2 is 1.90 bits per heavy atom. The number of ether oxygens (including phenoxy) is 2. The zero-order valence-electron chi connectivity index (χ0n) is 11.5. The summed E-state index contributed by atoms with van der Waals surface area (Å²) in [5, 5.41) is 1.44. The average Bonchev–Trinajstić information content (AvgIpc) is 2.98. The summed E-state index contributed by atoms with van der Waals surface area (Å²) in [6.45, 7) is 1.47. The van der Waals surface area contributed by atoms with Crippen LogP contribution >= 0.6 is 23.2 Å². The smallest absolute Gasteiger partial charge is 0.124 e. The molecular formula is C17H16Cl2O2. The van der Waals surface area contributed by atoms with Crippen LogP contribution in [0.25, 0.3) is 0 Å². The first-order valence-electron chi connectivity index (χ1n) is 6.98. The lowest BCUT2D eigenvalue weighted by Gasteiger charge is -2.12. The number of hydrogen-bond acceptors (Lipinski definition) is 2. The van der Waals surface area contributed by atoms with Crippen LogP contribution < -0.4 is 4.74 Å². The molecule has 1 atom stereocenters. The predicted octanol–water partition coefficient (Wildman–Crippen LogP) is 4.75. The highest BCUT2D eigenvalue weighted by Gasteiger charge is 2.16. The van der Waals surface area contributed by atoms with Gasteiger partial charge in [0.2, 0.25) is 0 Å². The molecule has 0 amide bonds. The molecule has 0 bridgehead atoms. The van der Waals surface area contributed by atoms with E-state index in [1.165, 1.54) is 5.56 Å². The van der Waals surface area contributed by atoms with Crippen LogP contribution in [0.2, 0.25) is 10.0 Å². The monoisotopic (exact) mass is 322 g/mol. The summed E-state index contributed by atoms with van der Waals surface area (Å²) in [6.07, 6.45) is 1.89. The molecule has 0 aliphatic carbocycles. The van der Waals surface area contributed by atoms with Gasteiger partial charge >= 0.3 is 0 Å². The Balaban J connectivity index is 1.67. The molecule has 1 heterocycles. The Morgan fingerprint density at radius 3 is 2.62 bits per heavy atom.